The minimum absolute atomic E-state index is 0.383. The van der Waals surface area contributed by atoms with Crippen molar-refractivity contribution in [2.45, 2.75) is 17.1 Å². The van der Waals surface area contributed by atoms with Crippen molar-refractivity contribution in [3.8, 4) is 23.0 Å². The minimum Gasteiger partial charge on any atom is -0.497 e. The normalized spacial score (nSPS) is 23.8. The molecule has 0 bridgehead atoms. The molecule has 1 heterocycles. The van der Waals surface area contributed by atoms with E-state index in [1.54, 1.807) is 26.4 Å². The molecule has 0 saturated heterocycles. The molecule has 0 aromatic heterocycles. The number of fused-ring (bicyclic) bond motifs is 3. The van der Waals surface area contributed by atoms with Gasteiger partial charge in [-0.05, 0) is 35.4 Å². The van der Waals surface area contributed by atoms with E-state index in [1.165, 1.54) is 14.2 Å². The highest BCUT2D eigenvalue weighted by molar-refractivity contribution is 6.12. The molecule has 8 nitrogen and oxygen atoms in total. The van der Waals surface area contributed by atoms with Gasteiger partial charge in [0.15, 0.2) is 16.9 Å². The average Bonchev–Trinajstić information content (AvgIpc) is 3.45. The second-order valence-corrected chi connectivity index (χ2v) is 10.3. The van der Waals surface area contributed by atoms with Crippen molar-refractivity contribution in [3.05, 3.63) is 114 Å². The second kappa shape index (κ2) is 10.4. The van der Waals surface area contributed by atoms with E-state index in [9.17, 15) is 4.79 Å². The molecule has 4 aromatic rings. The number of hydrogen-bond acceptors (Lipinski definition) is 8. The number of ketones is 1. The Kier molecular flexibility index (Phi) is 6.77. The maximum absolute atomic E-state index is 15.2. The van der Waals surface area contributed by atoms with E-state index in [1.807, 2.05) is 84.9 Å². The number of nitrogens with one attached hydrogen (secondary N) is 1. The summed E-state index contributed by atoms with van der Waals surface area (Å²) in [5.74, 6) is -1.14. The zero-order chi connectivity index (χ0) is 29.5. The summed E-state index contributed by atoms with van der Waals surface area (Å²) in [6.07, 6.45) is 0. The first-order valence-corrected chi connectivity index (χ1v) is 13.6. The Hall–Kier alpha value is -4.98. The molecule has 2 aliphatic rings. The zero-order valence-electron chi connectivity index (χ0n) is 23.8. The topological polar surface area (TPSA) is 92.3 Å². The van der Waals surface area contributed by atoms with Crippen LogP contribution in [0.2, 0.25) is 0 Å². The minimum atomic E-state index is -1.63. The molecule has 8 heteroatoms. The van der Waals surface area contributed by atoms with Gasteiger partial charge in [0.25, 0.3) is 0 Å². The highest BCUT2D eigenvalue weighted by atomic mass is 16.5. The van der Waals surface area contributed by atoms with Crippen LogP contribution in [0.25, 0.3) is 0 Å². The van der Waals surface area contributed by atoms with Crippen molar-refractivity contribution < 1.29 is 33.3 Å². The number of ether oxygens (including phenoxy) is 5. The maximum atomic E-state index is 15.2. The van der Waals surface area contributed by atoms with Crippen LogP contribution in [0.3, 0.4) is 0 Å². The standard InChI is InChI=1S/C34H31NO7/c1-38-24-17-15-22(16-18-24)34-29(21-11-7-5-8-12-21)28(32(37)41-4)31(36)33(34,35-23-13-9-6-10-14-23)30-26(40-3)19-25(39-2)20-27(30)42-34/h5-20,28-29,35H,1-4H3/t28-,29-,33+,34+/m1/s1. The molecule has 4 aromatic carbocycles. The molecular formula is C34H31NO7. The first kappa shape index (κ1) is 27.2. The van der Waals surface area contributed by atoms with Crippen LogP contribution in [0.5, 0.6) is 23.0 Å². The number of Topliss-reactive ketones (excluding diaryl/α,β-unsaturated/α-hetero) is 1. The van der Waals surface area contributed by atoms with Gasteiger partial charge in [0, 0.05) is 17.8 Å². The fraction of sp³-hybridized carbons (Fsp3) is 0.235. The molecule has 0 radical (unpaired) electrons. The lowest BCUT2D eigenvalue weighted by molar-refractivity contribution is -0.149. The fourth-order valence-electron chi connectivity index (χ4n) is 6.66. The van der Waals surface area contributed by atoms with Gasteiger partial charge < -0.3 is 29.0 Å². The molecule has 6 rings (SSSR count). The Balaban J connectivity index is 1.78. The van der Waals surface area contributed by atoms with Crippen LogP contribution < -0.4 is 24.3 Å². The molecule has 1 N–H and O–H groups in total. The summed E-state index contributed by atoms with van der Waals surface area (Å²) in [6.45, 7) is 0. The predicted octanol–water partition coefficient (Wildman–Crippen LogP) is 5.46. The molecule has 1 aliphatic carbocycles. The Morgan fingerprint density at radius 3 is 2.02 bits per heavy atom. The predicted molar refractivity (Wildman–Crippen MR) is 156 cm³/mol. The van der Waals surface area contributed by atoms with Crippen LogP contribution >= 0.6 is 0 Å². The van der Waals surface area contributed by atoms with Gasteiger partial charge in [-0.2, -0.15) is 0 Å². The van der Waals surface area contributed by atoms with Crippen LogP contribution in [0.15, 0.2) is 97.1 Å². The third-order valence-corrected chi connectivity index (χ3v) is 8.36. The van der Waals surface area contributed by atoms with Crippen LogP contribution in [-0.2, 0) is 25.5 Å². The second-order valence-electron chi connectivity index (χ2n) is 10.3. The van der Waals surface area contributed by atoms with E-state index in [4.69, 9.17) is 23.7 Å². The average molecular weight is 566 g/mol. The molecule has 1 fully saturated rings. The summed E-state index contributed by atoms with van der Waals surface area (Å²) in [5, 5.41) is 3.58. The van der Waals surface area contributed by atoms with Crippen LogP contribution in [0, 0.1) is 5.92 Å². The van der Waals surface area contributed by atoms with E-state index in [-0.39, 0.29) is 0 Å². The first-order chi connectivity index (χ1) is 20.4. The van der Waals surface area contributed by atoms with Crippen LogP contribution in [-0.4, -0.2) is 40.2 Å². The van der Waals surface area contributed by atoms with Crippen molar-refractivity contribution in [3.63, 3.8) is 0 Å². The summed E-state index contributed by atoms with van der Waals surface area (Å²) in [7, 11) is 5.97. The number of methoxy groups -OCH3 is 4. The summed E-state index contributed by atoms with van der Waals surface area (Å²) >= 11 is 0. The molecule has 1 saturated carbocycles. The quantitative estimate of drug-likeness (QED) is 0.222. The summed E-state index contributed by atoms with van der Waals surface area (Å²) < 4.78 is 29.4. The van der Waals surface area contributed by atoms with Gasteiger partial charge in [-0.15, -0.1) is 0 Å². The third kappa shape index (κ3) is 3.75. The number of benzene rings is 4. The lowest BCUT2D eigenvalue weighted by atomic mass is 9.68. The summed E-state index contributed by atoms with van der Waals surface area (Å²) in [4.78, 5) is 28.9. The maximum Gasteiger partial charge on any atom is 0.317 e. The third-order valence-electron chi connectivity index (χ3n) is 8.36. The molecule has 42 heavy (non-hydrogen) atoms. The van der Waals surface area contributed by atoms with Crippen LogP contribution in [0.1, 0.15) is 22.6 Å². The highest BCUT2D eigenvalue weighted by Gasteiger charge is 2.79. The summed E-state index contributed by atoms with van der Waals surface area (Å²) in [5.41, 5.74) is -0.563. The SMILES string of the molecule is COC(=O)[C@H]1C(=O)[C@@]2(Nc3ccccc3)c3c(OC)cc(OC)cc3O[C@@]2(c2ccc(OC)cc2)[C@@H]1c1ccccc1. The molecule has 0 amide bonds. The van der Waals surface area contributed by atoms with Crippen molar-refractivity contribution >= 4 is 17.4 Å². The van der Waals surface area contributed by atoms with Gasteiger partial charge in [0.2, 0.25) is 0 Å². The molecule has 1 aliphatic heterocycles. The smallest absolute Gasteiger partial charge is 0.317 e. The number of carbonyl (C=O) groups excluding carboxylic acids is 2. The fourth-order valence-corrected chi connectivity index (χ4v) is 6.66. The van der Waals surface area contributed by atoms with Gasteiger partial charge in [0.05, 0.1) is 39.9 Å². The Morgan fingerprint density at radius 1 is 0.786 bits per heavy atom. The van der Waals surface area contributed by atoms with E-state index in [2.05, 4.69) is 5.32 Å². The van der Waals surface area contributed by atoms with Crippen molar-refractivity contribution in [1.29, 1.82) is 0 Å². The van der Waals surface area contributed by atoms with Crippen molar-refractivity contribution in [2.24, 2.45) is 5.92 Å². The van der Waals surface area contributed by atoms with E-state index in [0.29, 0.717) is 39.8 Å². The number of para-hydroxylation sites is 1. The number of carbonyl (C=O) groups is 2. The van der Waals surface area contributed by atoms with E-state index >= 15 is 4.79 Å². The van der Waals surface area contributed by atoms with Gasteiger partial charge in [-0.25, -0.2) is 0 Å². The Morgan fingerprint density at radius 2 is 1.43 bits per heavy atom. The number of esters is 1. The van der Waals surface area contributed by atoms with E-state index < -0.39 is 34.7 Å². The van der Waals surface area contributed by atoms with Gasteiger partial charge in [0.1, 0.15) is 28.9 Å². The Bertz CT molecular complexity index is 1620. The monoisotopic (exact) mass is 565 g/mol. The van der Waals surface area contributed by atoms with Crippen molar-refractivity contribution in [1.82, 2.24) is 0 Å². The van der Waals surface area contributed by atoms with Crippen LogP contribution in [0.4, 0.5) is 5.69 Å². The zero-order valence-corrected chi connectivity index (χ0v) is 23.8. The molecule has 0 spiro atoms. The Labute approximate surface area is 244 Å². The lowest BCUT2D eigenvalue weighted by Crippen LogP contribution is -2.55. The first-order valence-electron chi connectivity index (χ1n) is 13.6. The largest absolute Gasteiger partial charge is 0.497 e. The molecular weight excluding hydrogens is 534 g/mol. The number of anilines is 1. The number of hydrogen-bond donors (Lipinski definition) is 1. The van der Waals surface area contributed by atoms with Gasteiger partial charge in [-0.1, -0.05) is 60.7 Å². The molecule has 4 atom stereocenters. The van der Waals surface area contributed by atoms with Gasteiger partial charge >= 0.3 is 5.97 Å². The molecule has 0 unspecified atom stereocenters. The summed E-state index contributed by atoms with van der Waals surface area (Å²) in [6, 6.07) is 29.7. The van der Waals surface area contributed by atoms with Crippen molar-refractivity contribution in [2.75, 3.05) is 33.8 Å². The van der Waals surface area contributed by atoms with E-state index in [0.717, 1.165) is 5.56 Å². The highest BCUT2D eigenvalue weighted by Crippen LogP contribution is 2.69. The lowest BCUT2D eigenvalue weighted by Gasteiger charge is -2.43. The van der Waals surface area contributed by atoms with Gasteiger partial charge in [-0.3, -0.25) is 9.59 Å². The number of rotatable bonds is 8. The molecule has 214 valence electrons.